The normalized spacial score (nSPS) is 13.0. The Balaban J connectivity index is 1.46. The highest BCUT2D eigenvalue weighted by atomic mass is 16.5. The standard InChI is InChI=1S/C28H32N4O3/c1-20-30-27(35-31-20)19-34-18-25(16-21-9-5-4-6-10-21)32(3)28(33)26(29-2)17-22-13-14-23-11-7-8-12-24(23)15-22/h4-15,25-26,29H,16-19H2,1-3H3. The Hall–Kier alpha value is -3.55. The monoisotopic (exact) mass is 472 g/mol. The second-order valence-electron chi connectivity index (χ2n) is 8.77. The Bertz CT molecular complexity index is 1240. The molecule has 7 heteroatoms. The van der Waals surface area contributed by atoms with Crippen LogP contribution in [0.25, 0.3) is 10.8 Å². The molecule has 0 aliphatic rings. The fourth-order valence-corrected chi connectivity index (χ4v) is 4.21. The molecule has 35 heavy (non-hydrogen) atoms. The number of amides is 1. The molecule has 0 spiro atoms. The highest BCUT2D eigenvalue weighted by Crippen LogP contribution is 2.18. The van der Waals surface area contributed by atoms with Crippen LogP contribution in [0.15, 0.2) is 77.3 Å². The minimum absolute atomic E-state index is 0.0267. The predicted octanol–water partition coefficient (Wildman–Crippen LogP) is 3.95. The van der Waals surface area contributed by atoms with Crippen molar-refractivity contribution in [3.05, 3.63) is 95.6 Å². The summed E-state index contributed by atoms with van der Waals surface area (Å²) in [6, 6.07) is 24.2. The lowest BCUT2D eigenvalue weighted by atomic mass is 10.00. The van der Waals surface area contributed by atoms with Crippen LogP contribution in [0.4, 0.5) is 0 Å². The highest BCUT2D eigenvalue weighted by Gasteiger charge is 2.27. The Labute approximate surface area is 206 Å². The topological polar surface area (TPSA) is 80.5 Å². The third-order valence-electron chi connectivity index (χ3n) is 6.22. The van der Waals surface area contributed by atoms with E-state index in [9.17, 15) is 4.79 Å². The van der Waals surface area contributed by atoms with Crippen LogP contribution in [0.2, 0.25) is 0 Å². The minimum atomic E-state index is -0.349. The van der Waals surface area contributed by atoms with E-state index in [0.717, 1.165) is 11.1 Å². The molecule has 0 aliphatic carbocycles. The number of likely N-dealkylation sites (N-methyl/N-ethyl adjacent to an activating group) is 2. The fourth-order valence-electron chi connectivity index (χ4n) is 4.21. The van der Waals surface area contributed by atoms with E-state index >= 15 is 0 Å². The summed E-state index contributed by atoms with van der Waals surface area (Å²) in [6.45, 7) is 2.33. The van der Waals surface area contributed by atoms with Gasteiger partial charge in [-0.25, -0.2) is 0 Å². The molecular weight excluding hydrogens is 440 g/mol. The maximum atomic E-state index is 13.6. The van der Waals surface area contributed by atoms with Gasteiger partial charge in [-0.05, 0) is 48.7 Å². The van der Waals surface area contributed by atoms with E-state index in [1.807, 2.05) is 44.4 Å². The summed E-state index contributed by atoms with van der Waals surface area (Å²) in [5, 5.41) is 9.38. The summed E-state index contributed by atoms with van der Waals surface area (Å²) in [7, 11) is 3.68. The molecule has 1 heterocycles. The molecule has 182 valence electrons. The van der Waals surface area contributed by atoms with E-state index in [1.165, 1.54) is 10.8 Å². The SMILES string of the molecule is CNC(Cc1ccc2ccccc2c1)C(=O)N(C)C(COCc1nc(C)no1)Cc1ccccc1. The molecule has 0 radical (unpaired) electrons. The van der Waals surface area contributed by atoms with Crippen molar-refractivity contribution >= 4 is 16.7 Å². The van der Waals surface area contributed by atoms with Crippen LogP contribution < -0.4 is 5.32 Å². The van der Waals surface area contributed by atoms with Crippen molar-refractivity contribution in [2.45, 2.75) is 38.5 Å². The van der Waals surface area contributed by atoms with Gasteiger partial charge in [-0.3, -0.25) is 4.79 Å². The number of nitrogens with zero attached hydrogens (tertiary/aromatic N) is 3. The summed E-state index contributed by atoms with van der Waals surface area (Å²) in [5.74, 6) is 1.03. The molecule has 4 rings (SSSR count). The number of carbonyl (C=O) groups excluding carboxylic acids is 1. The number of nitrogens with one attached hydrogen (secondary N) is 1. The van der Waals surface area contributed by atoms with E-state index in [0.29, 0.717) is 31.2 Å². The highest BCUT2D eigenvalue weighted by molar-refractivity contribution is 5.84. The van der Waals surface area contributed by atoms with Crippen molar-refractivity contribution in [1.29, 1.82) is 0 Å². The second-order valence-corrected chi connectivity index (χ2v) is 8.77. The molecule has 0 saturated carbocycles. The Kier molecular flexibility index (Phi) is 8.23. The van der Waals surface area contributed by atoms with Gasteiger partial charge >= 0.3 is 0 Å². The van der Waals surface area contributed by atoms with Gasteiger partial charge < -0.3 is 19.5 Å². The molecule has 7 nitrogen and oxygen atoms in total. The number of rotatable bonds is 11. The van der Waals surface area contributed by atoms with E-state index < -0.39 is 0 Å². The molecule has 2 unspecified atom stereocenters. The molecular formula is C28H32N4O3. The first-order chi connectivity index (χ1) is 17.0. The van der Waals surface area contributed by atoms with E-state index in [1.54, 1.807) is 11.8 Å². The molecule has 0 bridgehead atoms. The number of ether oxygens (including phenoxy) is 1. The molecule has 1 N–H and O–H groups in total. The van der Waals surface area contributed by atoms with E-state index in [2.05, 4.69) is 57.9 Å². The molecule has 0 saturated heterocycles. The van der Waals surface area contributed by atoms with Crippen LogP contribution >= 0.6 is 0 Å². The van der Waals surface area contributed by atoms with Gasteiger partial charge in [0.05, 0.1) is 18.7 Å². The largest absolute Gasteiger partial charge is 0.369 e. The Morgan fingerprint density at radius 2 is 1.74 bits per heavy atom. The lowest BCUT2D eigenvalue weighted by Gasteiger charge is -2.31. The minimum Gasteiger partial charge on any atom is -0.369 e. The van der Waals surface area contributed by atoms with Crippen molar-refractivity contribution in [2.75, 3.05) is 20.7 Å². The maximum absolute atomic E-state index is 13.6. The van der Waals surface area contributed by atoms with Crippen molar-refractivity contribution in [1.82, 2.24) is 20.4 Å². The quantitative estimate of drug-likeness (QED) is 0.356. The van der Waals surface area contributed by atoms with Crippen LogP contribution in [0.3, 0.4) is 0 Å². The van der Waals surface area contributed by atoms with Gasteiger partial charge in [-0.1, -0.05) is 78.0 Å². The summed E-state index contributed by atoms with van der Waals surface area (Å²) in [6.07, 6.45) is 1.28. The first kappa shape index (κ1) is 24.6. The lowest BCUT2D eigenvalue weighted by molar-refractivity contribution is -0.135. The van der Waals surface area contributed by atoms with Crippen LogP contribution in [-0.2, 0) is 29.0 Å². The van der Waals surface area contributed by atoms with Crippen molar-refractivity contribution in [3.63, 3.8) is 0 Å². The summed E-state index contributed by atoms with van der Waals surface area (Å²) in [4.78, 5) is 19.6. The summed E-state index contributed by atoms with van der Waals surface area (Å²) < 4.78 is 11.1. The predicted molar refractivity (Wildman–Crippen MR) is 136 cm³/mol. The van der Waals surface area contributed by atoms with E-state index in [4.69, 9.17) is 9.26 Å². The zero-order valence-electron chi connectivity index (χ0n) is 20.5. The van der Waals surface area contributed by atoms with E-state index in [-0.39, 0.29) is 24.6 Å². The zero-order chi connectivity index (χ0) is 24.6. The van der Waals surface area contributed by atoms with Gasteiger partial charge in [0.1, 0.15) is 6.61 Å². The zero-order valence-corrected chi connectivity index (χ0v) is 20.5. The van der Waals surface area contributed by atoms with Crippen LogP contribution in [0.1, 0.15) is 22.8 Å². The number of fused-ring (bicyclic) bond motifs is 1. The molecule has 1 amide bonds. The number of hydrogen-bond acceptors (Lipinski definition) is 6. The van der Waals surface area contributed by atoms with Gasteiger partial charge in [0.2, 0.25) is 5.91 Å². The van der Waals surface area contributed by atoms with Crippen LogP contribution in [-0.4, -0.2) is 53.7 Å². The molecule has 2 atom stereocenters. The summed E-state index contributed by atoms with van der Waals surface area (Å²) >= 11 is 0. The third-order valence-corrected chi connectivity index (χ3v) is 6.22. The average Bonchev–Trinajstić information content (AvgIpc) is 3.31. The van der Waals surface area contributed by atoms with Gasteiger partial charge in [0.25, 0.3) is 5.89 Å². The number of aromatic nitrogens is 2. The van der Waals surface area contributed by atoms with Crippen molar-refractivity contribution in [3.8, 4) is 0 Å². The first-order valence-electron chi connectivity index (χ1n) is 11.9. The molecule has 1 aromatic heterocycles. The average molecular weight is 473 g/mol. The number of benzene rings is 3. The van der Waals surface area contributed by atoms with Crippen LogP contribution in [0.5, 0.6) is 0 Å². The number of aryl methyl sites for hydroxylation is 1. The smallest absolute Gasteiger partial charge is 0.252 e. The fraction of sp³-hybridized carbons (Fsp3) is 0.321. The van der Waals surface area contributed by atoms with Crippen molar-refractivity contribution in [2.24, 2.45) is 0 Å². The number of carbonyl (C=O) groups is 1. The Morgan fingerprint density at radius 1 is 1.00 bits per heavy atom. The maximum Gasteiger partial charge on any atom is 0.252 e. The molecule has 4 aromatic rings. The third kappa shape index (κ3) is 6.53. The lowest BCUT2D eigenvalue weighted by Crippen LogP contribution is -2.50. The molecule has 3 aromatic carbocycles. The van der Waals surface area contributed by atoms with Crippen LogP contribution in [0, 0.1) is 6.92 Å². The number of hydrogen-bond donors (Lipinski definition) is 1. The van der Waals surface area contributed by atoms with Crippen molar-refractivity contribution < 1.29 is 14.1 Å². The molecule has 0 aliphatic heterocycles. The Morgan fingerprint density at radius 3 is 2.46 bits per heavy atom. The van der Waals surface area contributed by atoms with Gasteiger partial charge in [0, 0.05) is 7.05 Å². The van der Waals surface area contributed by atoms with Gasteiger partial charge in [0.15, 0.2) is 5.82 Å². The second kappa shape index (κ2) is 11.7. The molecule has 0 fully saturated rings. The first-order valence-corrected chi connectivity index (χ1v) is 11.9. The van der Waals surface area contributed by atoms with Gasteiger partial charge in [-0.2, -0.15) is 4.98 Å². The summed E-state index contributed by atoms with van der Waals surface area (Å²) in [5.41, 5.74) is 2.26. The van der Waals surface area contributed by atoms with Gasteiger partial charge in [-0.15, -0.1) is 0 Å².